The van der Waals surface area contributed by atoms with Crippen LogP contribution in [0.5, 0.6) is 5.75 Å². The summed E-state index contributed by atoms with van der Waals surface area (Å²) in [5, 5.41) is 11.8. The number of nitrogens with one attached hydrogen (secondary N) is 1. The van der Waals surface area contributed by atoms with Gasteiger partial charge in [-0.15, -0.1) is 10.2 Å². The lowest BCUT2D eigenvalue weighted by Crippen LogP contribution is -2.28. The molecule has 10 heteroatoms. The van der Waals surface area contributed by atoms with Crippen LogP contribution >= 0.6 is 0 Å². The van der Waals surface area contributed by atoms with Crippen molar-refractivity contribution in [2.75, 3.05) is 25.6 Å². The predicted octanol–water partition coefficient (Wildman–Crippen LogP) is 2.91. The lowest BCUT2D eigenvalue weighted by Gasteiger charge is -2.23. The van der Waals surface area contributed by atoms with Gasteiger partial charge in [-0.05, 0) is 30.5 Å². The van der Waals surface area contributed by atoms with Crippen molar-refractivity contribution in [2.24, 2.45) is 0 Å². The standard InChI is InChI=1S/C22H22FN7O2/c1-31-16-4-2-14(3-5-16)10-19-28-29-20-11-18(25-13-30(19)20)21-17(23)12-24-22(27-21)26-15-6-8-32-9-7-15/h2-5,11-13,15H,6-10H2,1H3,(H,24,26,27). The monoisotopic (exact) mass is 435 g/mol. The maximum atomic E-state index is 14.5. The molecule has 3 aromatic heterocycles. The first-order valence-corrected chi connectivity index (χ1v) is 10.4. The predicted molar refractivity (Wildman–Crippen MR) is 115 cm³/mol. The molecule has 0 bridgehead atoms. The Hall–Kier alpha value is -3.66. The summed E-state index contributed by atoms with van der Waals surface area (Å²) in [6.45, 7) is 1.38. The van der Waals surface area contributed by atoms with Gasteiger partial charge in [0.05, 0.1) is 19.0 Å². The number of anilines is 1. The number of ether oxygens (including phenoxy) is 2. The van der Waals surface area contributed by atoms with Gasteiger partial charge in [-0.2, -0.15) is 0 Å². The van der Waals surface area contributed by atoms with Crippen LogP contribution in [0.2, 0.25) is 0 Å². The summed E-state index contributed by atoms with van der Waals surface area (Å²) in [6.07, 6.45) is 5.05. The van der Waals surface area contributed by atoms with E-state index in [0.29, 0.717) is 36.9 Å². The number of hydrogen-bond acceptors (Lipinski definition) is 8. The zero-order valence-corrected chi connectivity index (χ0v) is 17.5. The lowest BCUT2D eigenvalue weighted by atomic mass is 10.1. The Morgan fingerprint density at radius 1 is 1.16 bits per heavy atom. The molecule has 4 aromatic rings. The van der Waals surface area contributed by atoms with Gasteiger partial charge in [0.1, 0.15) is 23.6 Å². The Morgan fingerprint density at radius 3 is 2.75 bits per heavy atom. The first-order valence-electron chi connectivity index (χ1n) is 10.4. The van der Waals surface area contributed by atoms with Gasteiger partial charge in [-0.3, -0.25) is 4.40 Å². The number of fused-ring (bicyclic) bond motifs is 1. The van der Waals surface area contributed by atoms with E-state index in [-0.39, 0.29) is 11.7 Å². The minimum absolute atomic E-state index is 0.122. The van der Waals surface area contributed by atoms with Crippen LogP contribution in [0.15, 0.2) is 42.9 Å². The summed E-state index contributed by atoms with van der Waals surface area (Å²) in [4.78, 5) is 12.9. The average Bonchev–Trinajstić information content (AvgIpc) is 3.23. The van der Waals surface area contributed by atoms with Gasteiger partial charge >= 0.3 is 0 Å². The highest BCUT2D eigenvalue weighted by molar-refractivity contribution is 5.61. The van der Waals surface area contributed by atoms with Gasteiger partial charge in [0, 0.05) is 31.7 Å². The van der Waals surface area contributed by atoms with Crippen molar-refractivity contribution in [1.29, 1.82) is 0 Å². The Kier molecular flexibility index (Phi) is 5.59. The first-order chi connectivity index (χ1) is 15.7. The van der Waals surface area contributed by atoms with Gasteiger partial charge in [-0.25, -0.2) is 19.3 Å². The molecule has 1 N–H and O–H groups in total. The number of benzene rings is 1. The van der Waals surface area contributed by atoms with Gasteiger partial charge in [0.25, 0.3) is 0 Å². The van der Waals surface area contributed by atoms with Gasteiger partial charge < -0.3 is 14.8 Å². The Balaban J connectivity index is 1.39. The summed E-state index contributed by atoms with van der Waals surface area (Å²) < 4.78 is 26.9. The number of aromatic nitrogens is 6. The molecule has 0 aliphatic carbocycles. The van der Waals surface area contributed by atoms with Crippen LogP contribution in [-0.4, -0.2) is 55.9 Å². The second-order valence-corrected chi connectivity index (χ2v) is 7.56. The smallest absolute Gasteiger partial charge is 0.223 e. The SMILES string of the molecule is COc1ccc(Cc2nnc3cc(-c4nc(NC5CCOCC5)ncc4F)ncn23)cc1. The fourth-order valence-electron chi connectivity index (χ4n) is 3.66. The van der Waals surface area contributed by atoms with Crippen molar-refractivity contribution in [3.63, 3.8) is 0 Å². The quantitative estimate of drug-likeness (QED) is 0.494. The van der Waals surface area contributed by atoms with E-state index in [1.165, 1.54) is 0 Å². The van der Waals surface area contributed by atoms with Crippen LogP contribution in [-0.2, 0) is 11.2 Å². The van der Waals surface area contributed by atoms with Crippen LogP contribution < -0.4 is 10.1 Å². The zero-order valence-electron chi connectivity index (χ0n) is 17.5. The molecule has 0 atom stereocenters. The molecule has 32 heavy (non-hydrogen) atoms. The highest BCUT2D eigenvalue weighted by Crippen LogP contribution is 2.22. The number of halogens is 1. The van der Waals surface area contributed by atoms with E-state index < -0.39 is 5.82 Å². The highest BCUT2D eigenvalue weighted by Gasteiger charge is 2.18. The van der Waals surface area contributed by atoms with E-state index in [4.69, 9.17) is 9.47 Å². The number of rotatable bonds is 6. The normalized spacial score (nSPS) is 14.6. The fraction of sp³-hybridized carbons (Fsp3) is 0.318. The Labute approximate surface area is 183 Å². The summed E-state index contributed by atoms with van der Waals surface area (Å²) in [5.41, 5.74) is 2.12. The third-order valence-corrected chi connectivity index (χ3v) is 5.43. The summed E-state index contributed by atoms with van der Waals surface area (Å²) in [7, 11) is 1.63. The van der Waals surface area contributed by atoms with Crippen LogP contribution in [0.3, 0.4) is 0 Å². The minimum Gasteiger partial charge on any atom is -0.497 e. The Bertz CT molecular complexity index is 1220. The minimum atomic E-state index is -0.544. The summed E-state index contributed by atoms with van der Waals surface area (Å²) in [5.74, 6) is 1.35. The zero-order chi connectivity index (χ0) is 21.9. The molecule has 4 heterocycles. The van der Waals surface area contributed by atoms with E-state index in [1.54, 1.807) is 23.9 Å². The fourth-order valence-corrected chi connectivity index (χ4v) is 3.66. The summed E-state index contributed by atoms with van der Waals surface area (Å²) >= 11 is 0. The molecule has 0 radical (unpaired) electrons. The van der Waals surface area contributed by atoms with Crippen molar-refractivity contribution < 1.29 is 13.9 Å². The van der Waals surface area contributed by atoms with Crippen LogP contribution in [0.1, 0.15) is 24.2 Å². The maximum absolute atomic E-state index is 14.5. The molecular weight excluding hydrogens is 413 g/mol. The van der Waals surface area contributed by atoms with Crippen molar-refractivity contribution in [2.45, 2.75) is 25.3 Å². The third kappa shape index (κ3) is 4.22. The van der Waals surface area contributed by atoms with E-state index in [1.807, 2.05) is 24.3 Å². The molecule has 1 aromatic carbocycles. The van der Waals surface area contributed by atoms with Crippen molar-refractivity contribution in [1.82, 2.24) is 29.5 Å². The second kappa shape index (κ2) is 8.83. The van der Waals surface area contributed by atoms with Crippen molar-refractivity contribution >= 4 is 11.6 Å². The molecule has 0 spiro atoms. The largest absolute Gasteiger partial charge is 0.497 e. The number of hydrogen-bond donors (Lipinski definition) is 1. The second-order valence-electron chi connectivity index (χ2n) is 7.56. The molecule has 0 saturated carbocycles. The molecule has 1 fully saturated rings. The number of nitrogens with zero attached hydrogens (tertiary/aromatic N) is 6. The average molecular weight is 435 g/mol. The van der Waals surface area contributed by atoms with E-state index in [2.05, 4.69) is 30.5 Å². The molecule has 9 nitrogen and oxygen atoms in total. The van der Waals surface area contributed by atoms with Gasteiger partial charge in [0.2, 0.25) is 5.95 Å². The van der Waals surface area contributed by atoms with Gasteiger partial charge in [-0.1, -0.05) is 12.1 Å². The molecule has 0 unspecified atom stereocenters. The van der Waals surface area contributed by atoms with Crippen LogP contribution in [0, 0.1) is 5.82 Å². The van der Waals surface area contributed by atoms with Gasteiger partial charge in [0.15, 0.2) is 11.5 Å². The van der Waals surface area contributed by atoms with Crippen LogP contribution in [0.25, 0.3) is 17.0 Å². The lowest BCUT2D eigenvalue weighted by molar-refractivity contribution is 0.0903. The first kappa shape index (κ1) is 20.3. The molecule has 164 valence electrons. The van der Waals surface area contributed by atoms with E-state index in [9.17, 15) is 4.39 Å². The van der Waals surface area contributed by atoms with Crippen molar-refractivity contribution in [3.05, 3.63) is 60.1 Å². The maximum Gasteiger partial charge on any atom is 0.223 e. The Morgan fingerprint density at radius 2 is 1.97 bits per heavy atom. The highest BCUT2D eigenvalue weighted by atomic mass is 19.1. The summed E-state index contributed by atoms with van der Waals surface area (Å²) in [6, 6.07) is 9.64. The molecule has 1 aliphatic heterocycles. The van der Waals surface area contributed by atoms with Crippen molar-refractivity contribution in [3.8, 4) is 17.1 Å². The third-order valence-electron chi connectivity index (χ3n) is 5.43. The molecule has 1 aliphatic rings. The molecule has 1 saturated heterocycles. The molecular formula is C22H22FN7O2. The van der Waals surface area contributed by atoms with Crippen LogP contribution in [0.4, 0.5) is 10.3 Å². The number of methoxy groups -OCH3 is 1. The molecule has 0 amide bonds. The van der Waals surface area contributed by atoms with E-state index >= 15 is 0 Å². The van der Waals surface area contributed by atoms with E-state index in [0.717, 1.165) is 36.2 Å². The molecule has 5 rings (SSSR count). The topological polar surface area (TPSA) is 99.4 Å².